The predicted octanol–water partition coefficient (Wildman–Crippen LogP) is 2.94. The van der Waals surface area contributed by atoms with E-state index < -0.39 is 4.92 Å². The van der Waals surface area contributed by atoms with Gasteiger partial charge in [-0.15, -0.1) is 0 Å². The monoisotopic (exact) mass is 345 g/mol. The van der Waals surface area contributed by atoms with Crippen LogP contribution in [0.5, 0.6) is 11.5 Å². The third kappa shape index (κ3) is 3.87. The summed E-state index contributed by atoms with van der Waals surface area (Å²) >= 11 is 0. The fraction of sp³-hybridized carbons (Fsp3) is 0.375. The lowest BCUT2D eigenvalue weighted by Gasteiger charge is -2.21. The molecule has 25 heavy (non-hydrogen) atoms. The molecule has 2 N–H and O–H groups in total. The number of rotatable bonds is 5. The summed E-state index contributed by atoms with van der Waals surface area (Å²) in [5.74, 6) is 1.69. The molecule has 0 unspecified atom stereocenters. The molecule has 3 rings (SSSR count). The number of hydrogen-bond acceptors (Lipinski definition) is 8. The first kappa shape index (κ1) is 16.7. The third-order valence-corrected chi connectivity index (χ3v) is 3.40. The summed E-state index contributed by atoms with van der Waals surface area (Å²) in [6, 6.07) is 5.50. The van der Waals surface area contributed by atoms with E-state index in [1.165, 1.54) is 6.33 Å². The Bertz CT molecular complexity index is 804. The summed E-state index contributed by atoms with van der Waals surface area (Å²) in [7, 11) is 0. The van der Waals surface area contributed by atoms with Crippen LogP contribution in [0.1, 0.15) is 26.3 Å². The van der Waals surface area contributed by atoms with Crippen molar-refractivity contribution in [3.05, 3.63) is 40.2 Å². The van der Waals surface area contributed by atoms with E-state index in [4.69, 9.17) is 9.47 Å². The number of nitrogens with one attached hydrogen (secondary N) is 2. The number of nitrogens with zero attached hydrogens (tertiary/aromatic N) is 3. The minimum atomic E-state index is -0.490. The van der Waals surface area contributed by atoms with Gasteiger partial charge in [-0.05, 0) is 38.5 Å². The van der Waals surface area contributed by atoms with Crippen LogP contribution in [0.2, 0.25) is 0 Å². The topological polar surface area (TPSA) is 111 Å². The van der Waals surface area contributed by atoms with E-state index >= 15 is 0 Å². The van der Waals surface area contributed by atoms with Crippen LogP contribution < -0.4 is 20.1 Å². The van der Waals surface area contributed by atoms with Crippen molar-refractivity contribution in [2.24, 2.45) is 0 Å². The van der Waals surface area contributed by atoms with Gasteiger partial charge in [0.15, 0.2) is 11.5 Å². The van der Waals surface area contributed by atoms with Gasteiger partial charge in [0.25, 0.3) is 0 Å². The van der Waals surface area contributed by atoms with E-state index in [1.54, 1.807) is 6.07 Å². The van der Waals surface area contributed by atoms with Crippen molar-refractivity contribution in [1.82, 2.24) is 9.97 Å². The average molecular weight is 345 g/mol. The van der Waals surface area contributed by atoms with Gasteiger partial charge in [0.2, 0.25) is 18.4 Å². The third-order valence-electron chi connectivity index (χ3n) is 3.40. The highest BCUT2D eigenvalue weighted by Gasteiger charge is 2.25. The molecule has 1 aromatic carbocycles. The number of ether oxygens (including phenoxy) is 2. The van der Waals surface area contributed by atoms with E-state index in [-0.39, 0.29) is 29.7 Å². The molecule has 0 atom stereocenters. The normalized spacial score (nSPS) is 12.8. The summed E-state index contributed by atoms with van der Waals surface area (Å²) in [6.07, 6.45) is 1.29. The molecule has 0 bridgehead atoms. The minimum absolute atomic E-state index is 0.157. The van der Waals surface area contributed by atoms with Gasteiger partial charge < -0.3 is 20.1 Å². The Balaban J connectivity index is 1.82. The number of fused-ring (bicyclic) bond motifs is 1. The van der Waals surface area contributed by atoms with Gasteiger partial charge >= 0.3 is 5.69 Å². The van der Waals surface area contributed by atoms with Crippen molar-refractivity contribution in [3.8, 4) is 11.5 Å². The maximum atomic E-state index is 11.5. The molecular formula is C16H19N5O4. The van der Waals surface area contributed by atoms with Crippen molar-refractivity contribution in [3.63, 3.8) is 0 Å². The second-order valence-electron chi connectivity index (χ2n) is 6.59. The lowest BCUT2D eigenvalue weighted by molar-refractivity contribution is -0.383. The number of anilines is 2. The molecule has 2 aromatic rings. The van der Waals surface area contributed by atoms with Crippen molar-refractivity contribution >= 4 is 17.3 Å². The van der Waals surface area contributed by atoms with Crippen LogP contribution in [0.3, 0.4) is 0 Å². The molecule has 9 nitrogen and oxygen atoms in total. The summed E-state index contributed by atoms with van der Waals surface area (Å²) in [5.41, 5.74) is 0.342. The molecule has 0 fully saturated rings. The Hall–Kier alpha value is -3.10. The summed E-state index contributed by atoms with van der Waals surface area (Å²) in [6.45, 7) is 6.25. The first-order valence-electron chi connectivity index (χ1n) is 7.73. The number of benzene rings is 1. The highest BCUT2D eigenvalue weighted by atomic mass is 16.7. The van der Waals surface area contributed by atoms with Gasteiger partial charge in [-0.25, -0.2) is 9.97 Å². The van der Waals surface area contributed by atoms with Gasteiger partial charge in [-0.1, -0.05) is 6.07 Å². The Morgan fingerprint density at radius 1 is 1.20 bits per heavy atom. The molecule has 2 heterocycles. The molecular weight excluding hydrogens is 326 g/mol. The van der Waals surface area contributed by atoms with Crippen LogP contribution in [0.15, 0.2) is 24.5 Å². The molecule has 0 amide bonds. The maximum Gasteiger partial charge on any atom is 0.353 e. The molecule has 0 spiro atoms. The van der Waals surface area contributed by atoms with E-state index in [1.807, 2.05) is 32.9 Å². The zero-order valence-electron chi connectivity index (χ0n) is 14.2. The largest absolute Gasteiger partial charge is 0.454 e. The SMILES string of the molecule is CC(C)(C)Nc1ncnc(NCc2ccc3c(c2)OCO3)c1[N+](=O)[O-]. The number of hydrogen-bond donors (Lipinski definition) is 2. The first-order chi connectivity index (χ1) is 11.8. The average Bonchev–Trinajstić information content (AvgIpc) is 2.98. The molecule has 1 aliphatic heterocycles. The molecule has 0 radical (unpaired) electrons. The summed E-state index contributed by atoms with van der Waals surface area (Å²) < 4.78 is 10.6. The van der Waals surface area contributed by atoms with E-state index in [0.29, 0.717) is 18.0 Å². The van der Waals surface area contributed by atoms with Crippen LogP contribution in [0.4, 0.5) is 17.3 Å². The van der Waals surface area contributed by atoms with Crippen LogP contribution in [-0.4, -0.2) is 27.2 Å². The highest BCUT2D eigenvalue weighted by Crippen LogP contribution is 2.34. The van der Waals surface area contributed by atoms with E-state index in [9.17, 15) is 10.1 Å². The van der Waals surface area contributed by atoms with Crippen molar-refractivity contribution in [2.75, 3.05) is 17.4 Å². The van der Waals surface area contributed by atoms with Gasteiger partial charge in [-0.3, -0.25) is 10.1 Å². The number of nitro groups is 1. The van der Waals surface area contributed by atoms with Crippen LogP contribution in [0, 0.1) is 10.1 Å². The lowest BCUT2D eigenvalue weighted by Crippen LogP contribution is -2.27. The minimum Gasteiger partial charge on any atom is -0.454 e. The van der Waals surface area contributed by atoms with Gasteiger partial charge in [-0.2, -0.15) is 0 Å². The van der Waals surface area contributed by atoms with Gasteiger partial charge in [0.05, 0.1) is 4.92 Å². The van der Waals surface area contributed by atoms with Crippen molar-refractivity contribution < 1.29 is 14.4 Å². The fourth-order valence-electron chi connectivity index (χ4n) is 2.36. The van der Waals surface area contributed by atoms with E-state index in [2.05, 4.69) is 20.6 Å². The van der Waals surface area contributed by atoms with Crippen molar-refractivity contribution in [1.29, 1.82) is 0 Å². The summed E-state index contributed by atoms with van der Waals surface area (Å²) in [5, 5.41) is 17.5. The quantitative estimate of drug-likeness (QED) is 0.628. The molecule has 132 valence electrons. The second kappa shape index (κ2) is 6.42. The molecule has 1 aromatic heterocycles. The highest BCUT2D eigenvalue weighted by molar-refractivity contribution is 5.69. The zero-order valence-corrected chi connectivity index (χ0v) is 14.2. The van der Waals surface area contributed by atoms with Crippen LogP contribution in [0.25, 0.3) is 0 Å². The molecule has 0 aliphatic carbocycles. The molecule has 9 heteroatoms. The fourth-order valence-corrected chi connectivity index (χ4v) is 2.36. The predicted molar refractivity (Wildman–Crippen MR) is 92.0 cm³/mol. The first-order valence-corrected chi connectivity index (χ1v) is 7.73. The molecule has 1 aliphatic rings. The lowest BCUT2D eigenvalue weighted by atomic mass is 10.1. The maximum absolute atomic E-state index is 11.5. The number of aromatic nitrogens is 2. The Morgan fingerprint density at radius 3 is 2.64 bits per heavy atom. The molecule has 0 saturated carbocycles. The standard InChI is InChI=1S/C16H19N5O4/c1-16(2,3)20-15-13(21(22)23)14(18-8-19-15)17-7-10-4-5-11-12(6-10)25-9-24-11/h4-6,8H,7,9H2,1-3H3,(H2,17,18,19,20). The van der Waals surface area contributed by atoms with Crippen molar-refractivity contribution in [2.45, 2.75) is 32.9 Å². The summed E-state index contributed by atoms with van der Waals surface area (Å²) in [4.78, 5) is 19.0. The Morgan fingerprint density at radius 2 is 1.92 bits per heavy atom. The van der Waals surface area contributed by atoms with Gasteiger partial charge in [0, 0.05) is 12.1 Å². The zero-order chi connectivity index (χ0) is 18.0. The van der Waals surface area contributed by atoms with Crippen LogP contribution >= 0.6 is 0 Å². The van der Waals surface area contributed by atoms with Gasteiger partial charge in [0.1, 0.15) is 6.33 Å². The smallest absolute Gasteiger partial charge is 0.353 e. The van der Waals surface area contributed by atoms with E-state index in [0.717, 1.165) is 5.56 Å². The van der Waals surface area contributed by atoms with Crippen LogP contribution in [-0.2, 0) is 6.54 Å². The second-order valence-corrected chi connectivity index (χ2v) is 6.59. The molecule has 0 saturated heterocycles. The Labute approximate surface area is 144 Å². The Kier molecular flexibility index (Phi) is 4.30.